The van der Waals surface area contributed by atoms with Gasteiger partial charge in [0.15, 0.2) is 0 Å². The number of carbonyl (C=O) groups is 2. The first-order valence-corrected chi connectivity index (χ1v) is 9.58. The average molecular weight is 410 g/mol. The van der Waals surface area contributed by atoms with Crippen molar-refractivity contribution in [1.29, 1.82) is 0 Å². The van der Waals surface area contributed by atoms with Crippen molar-refractivity contribution in [3.05, 3.63) is 88.5 Å². The summed E-state index contributed by atoms with van der Waals surface area (Å²) in [6.45, 7) is 3.61. The Labute approximate surface area is 173 Å². The van der Waals surface area contributed by atoms with Crippen LogP contribution in [0.1, 0.15) is 50.5 Å². The number of hydrogen-bond donors (Lipinski definition) is 3. The van der Waals surface area contributed by atoms with Crippen molar-refractivity contribution in [2.45, 2.75) is 32.4 Å². The number of hydrogen-bond acceptors (Lipinski definition) is 4. The SMILES string of the molecule is Cc1cnc(CC2C=C(F)C=CC2O)c(C(=O)NC(C)c2ccc(C(=O)O)cc2)c1. The van der Waals surface area contributed by atoms with Crippen molar-refractivity contribution in [3.8, 4) is 0 Å². The molecule has 0 bridgehead atoms. The van der Waals surface area contributed by atoms with Gasteiger partial charge in [-0.15, -0.1) is 0 Å². The molecule has 7 heteroatoms. The predicted molar refractivity (Wildman–Crippen MR) is 110 cm³/mol. The van der Waals surface area contributed by atoms with Gasteiger partial charge in [0.1, 0.15) is 5.83 Å². The molecule has 2 aromatic rings. The lowest BCUT2D eigenvalue weighted by molar-refractivity contribution is 0.0696. The van der Waals surface area contributed by atoms with Crippen LogP contribution in [0.5, 0.6) is 0 Å². The summed E-state index contributed by atoms with van der Waals surface area (Å²) in [6.07, 6.45) is 4.93. The maximum atomic E-state index is 13.6. The van der Waals surface area contributed by atoms with Gasteiger partial charge < -0.3 is 15.5 Å². The van der Waals surface area contributed by atoms with Crippen LogP contribution in [0, 0.1) is 12.8 Å². The van der Waals surface area contributed by atoms with E-state index in [0.29, 0.717) is 11.3 Å². The lowest BCUT2D eigenvalue weighted by Crippen LogP contribution is -2.29. The second-order valence-electron chi connectivity index (χ2n) is 7.40. The maximum Gasteiger partial charge on any atom is 0.335 e. The molecule has 6 nitrogen and oxygen atoms in total. The molecule has 0 spiro atoms. The van der Waals surface area contributed by atoms with Crippen LogP contribution in [-0.4, -0.2) is 33.2 Å². The number of aryl methyl sites for hydroxylation is 1. The van der Waals surface area contributed by atoms with E-state index in [2.05, 4.69) is 10.3 Å². The summed E-state index contributed by atoms with van der Waals surface area (Å²) in [7, 11) is 0. The summed E-state index contributed by atoms with van der Waals surface area (Å²) in [5.74, 6) is -2.31. The molecule has 3 atom stereocenters. The lowest BCUT2D eigenvalue weighted by atomic mass is 9.90. The first-order valence-electron chi connectivity index (χ1n) is 9.58. The third-order valence-electron chi connectivity index (χ3n) is 5.05. The third-order valence-corrected chi connectivity index (χ3v) is 5.05. The van der Waals surface area contributed by atoms with E-state index in [9.17, 15) is 19.1 Å². The zero-order valence-electron chi connectivity index (χ0n) is 16.7. The topological polar surface area (TPSA) is 99.5 Å². The van der Waals surface area contributed by atoms with Crippen molar-refractivity contribution in [2.75, 3.05) is 0 Å². The highest BCUT2D eigenvalue weighted by molar-refractivity contribution is 5.95. The number of nitrogens with zero attached hydrogens (tertiary/aromatic N) is 1. The number of benzene rings is 1. The monoisotopic (exact) mass is 410 g/mol. The van der Waals surface area contributed by atoms with Crippen LogP contribution >= 0.6 is 0 Å². The first-order chi connectivity index (χ1) is 14.2. The van der Waals surface area contributed by atoms with E-state index in [1.807, 2.05) is 6.92 Å². The molecule has 1 aromatic carbocycles. The van der Waals surface area contributed by atoms with E-state index in [0.717, 1.165) is 11.1 Å². The van der Waals surface area contributed by atoms with Gasteiger partial charge in [-0.25, -0.2) is 9.18 Å². The summed E-state index contributed by atoms with van der Waals surface area (Å²) >= 11 is 0. The number of allylic oxidation sites excluding steroid dienone is 2. The highest BCUT2D eigenvalue weighted by Gasteiger charge is 2.24. The summed E-state index contributed by atoms with van der Waals surface area (Å²) in [5, 5.41) is 22.0. The molecule has 0 saturated heterocycles. The molecule has 1 aromatic heterocycles. The van der Waals surface area contributed by atoms with E-state index in [4.69, 9.17) is 5.11 Å². The van der Waals surface area contributed by atoms with Crippen LogP contribution < -0.4 is 5.32 Å². The van der Waals surface area contributed by atoms with E-state index < -0.39 is 23.8 Å². The van der Waals surface area contributed by atoms with Crippen LogP contribution in [0.15, 0.2) is 60.6 Å². The normalized spacial score (nSPS) is 19.1. The number of halogens is 1. The minimum Gasteiger partial charge on any atom is -0.478 e. The molecular weight excluding hydrogens is 387 g/mol. The zero-order valence-corrected chi connectivity index (χ0v) is 16.7. The Hall–Kier alpha value is -3.32. The number of aromatic carboxylic acids is 1. The molecule has 1 aliphatic carbocycles. The third kappa shape index (κ3) is 4.99. The quantitative estimate of drug-likeness (QED) is 0.677. The number of amides is 1. The fraction of sp³-hybridized carbons (Fsp3) is 0.261. The Morgan fingerprint density at radius 2 is 1.97 bits per heavy atom. The molecule has 3 unspecified atom stereocenters. The molecule has 30 heavy (non-hydrogen) atoms. The molecule has 0 saturated carbocycles. The van der Waals surface area contributed by atoms with Crippen molar-refractivity contribution in [2.24, 2.45) is 5.92 Å². The highest BCUT2D eigenvalue weighted by Crippen LogP contribution is 2.24. The van der Waals surface area contributed by atoms with Crippen LogP contribution in [0.2, 0.25) is 0 Å². The summed E-state index contributed by atoms with van der Waals surface area (Å²) in [6, 6.07) is 7.62. The average Bonchev–Trinajstić information content (AvgIpc) is 2.71. The Morgan fingerprint density at radius 1 is 1.27 bits per heavy atom. The largest absolute Gasteiger partial charge is 0.478 e. The molecule has 0 fully saturated rings. The molecule has 3 N–H and O–H groups in total. The standard InChI is InChI=1S/C23H23FN2O4/c1-13-9-19(20(25-12-13)11-17-10-18(24)7-8-21(17)27)22(28)26-14(2)15-3-5-16(6-4-15)23(29)30/h3-10,12,14,17,21,27H,11H2,1-2H3,(H,26,28)(H,29,30). The number of aromatic nitrogens is 1. The molecule has 0 aliphatic heterocycles. The van der Waals surface area contributed by atoms with Gasteiger partial charge in [0.2, 0.25) is 0 Å². The molecule has 0 radical (unpaired) electrons. The number of rotatable bonds is 6. The number of pyridine rings is 1. The summed E-state index contributed by atoms with van der Waals surface area (Å²) in [5.41, 5.74) is 2.55. The number of nitrogens with one attached hydrogen (secondary N) is 1. The molecule has 1 aliphatic rings. The Morgan fingerprint density at radius 3 is 2.63 bits per heavy atom. The van der Waals surface area contributed by atoms with Gasteiger partial charge in [-0.3, -0.25) is 9.78 Å². The second kappa shape index (κ2) is 9.00. The Kier molecular flexibility index (Phi) is 6.42. The number of aliphatic hydroxyl groups excluding tert-OH is 1. The Bertz CT molecular complexity index is 1010. The predicted octanol–water partition coefficient (Wildman–Crippen LogP) is 3.52. The van der Waals surface area contributed by atoms with Crippen molar-refractivity contribution >= 4 is 11.9 Å². The highest BCUT2D eigenvalue weighted by atomic mass is 19.1. The maximum absolute atomic E-state index is 13.6. The molecule has 1 heterocycles. The van der Waals surface area contributed by atoms with Crippen LogP contribution in [0.3, 0.4) is 0 Å². The second-order valence-corrected chi connectivity index (χ2v) is 7.40. The van der Waals surface area contributed by atoms with Crippen LogP contribution in [0.25, 0.3) is 0 Å². The molecule has 1 amide bonds. The zero-order chi connectivity index (χ0) is 21.8. The minimum absolute atomic E-state index is 0.169. The van der Waals surface area contributed by atoms with Gasteiger partial charge in [-0.1, -0.05) is 18.2 Å². The fourth-order valence-electron chi connectivity index (χ4n) is 3.32. The van der Waals surface area contributed by atoms with Gasteiger partial charge in [-0.2, -0.15) is 0 Å². The summed E-state index contributed by atoms with van der Waals surface area (Å²) < 4.78 is 13.6. The number of aliphatic hydroxyl groups is 1. The van der Waals surface area contributed by atoms with E-state index in [-0.39, 0.29) is 23.9 Å². The first kappa shape index (κ1) is 21.4. The summed E-state index contributed by atoms with van der Waals surface area (Å²) in [4.78, 5) is 28.3. The van der Waals surface area contributed by atoms with Gasteiger partial charge in [0.05, 0.1) is 29.0 Å². The number of carboxylic acid groups (broad SMARTS) is 1. The lowest BCUT2D eigenvalue weighted by Gasteiger charge is -2.21. The van der Waals surface area contributed by atoms with Crippen molar-refractivity contribution < 1.29 is 24.2 Å². The Balaban J connectivity index is 1.79. The minimum atomic E-state index is -1.01. The molecule has 156 valence electrons. The number of carboxylic acids is 1. The van der Waals surface area contributed by atoms with Gasteiger partial charge in [0, 0.05) is 12.1 Å². The van der Waals surface area contributed by atoms with Crippen molar-refractivity contribution in [1.82, 2.24) is 10.3 Å². The van der Waals surface area contributed by atoms with E-state index in [1.54, 1.807) is 31.3 Å². The fourth-order valence-corrected chi connectivity index (χ4v) is 3.32. The van der Waals surface area contributed by atoms with Gasteiger partial charge >= 0.3 is 5.97 Å². The molecular formula is C23H23FN2O4. The molecule has 3 rings (SSSR count). The van der Waals surface area contributed by atoms with Gasteiger partial charge in [0.25, 0.3) is 5.91 Å². The smallest absolute Gasteiger partial charge is 0.335 e. The van der Waals surface area contributed by atoms with Gasteiger partial charge in [-0.05, 0) is 61.7 Å². The van der Waals surface area contributed by atoms with E-state index >= 15 is 0 Å². The van der Waals surface area contributed by atoms with Crippen LogP contribution in [0.4, 0.5) is 4.39 Å². The van der Waals surface area contributed by atoms with E-state index in [1.165, 1.54) is 30.4 Å². The number of carbonyl (C=O) groups excluding carboxylic acids is 1. The van der Waals surface area contributed by atoms with Crippen molar-refractivity contribution in [3.63, 3.8) is 0 Å². The van der Waals surface area contributed by atoms with Crippen LogP contribution in [-0.2, 0) is 6.42 Å².